The molecule has 1 aliphatic heterocycles. The smallest absolute Gasteiger partial charge is 0.240 e. The molecule has 3 heterocycles. The van der Waals surface area contributed by atoms with E-state index in [-0.39, 0.29) is 5.91 Å². The number of hydrogen-bond acceptors (Lipinski definition) is 4. The summed E-state index contributed by atoms with van der Waals surface area (Å²) in [5.74, 6) is 0.112. The number of aromatic nitrogens is 2. The van der Waals surface area contributed by atoms with E-state index in [9.17, 15) is 4.79 Å². The zero-order chi connectivity index (χ0) is 18.8. The molecule has 6 nitrogen and oxygen atoms in total. The second kappa shape index (κ2) is 7.50. The standard InChI is InChI=1S/C21H25N5O/c1-3-14-11-24-21-19(14)8-16(12-25-21)18-9-17(5-4-15(18)10-22-2)26-7-6-23-13-20(26)27/h4-5,8-9,11-12,22-23H,3,6-7,10,13H2,1-2H3,(H,24,25). The van der Waals surface area contributed by atoms with Crippen LogP contribution in [-0.4, -0.2) is 42.6 Å². The Morgan fingerprint density at radius 3 is 2.93 bits per heavy atom. The fourth-order valence-electron chi connectivity index (χ4n) is 3.72. The number of H-pyrrole nitrogens is 1. The van der Waals surface area contributed by atoms with Gasteiger partial charge in [-0.3, -0.25) is 4.79 Å². The molecule has 2 aromatic heterocycles. The van der Waals surface area contributed by atoms with Crippen LogP contribution in [0.1, 0.15) is 18.1 Å². The van der Waals surface area contributed by atoms with Crippen LogP contribution < -0.4 is 15.5 Å². The largest absolute Gasteiger partial charge is 0.346 e. The molecule has 1 aliphatic rings. The van der Waals surface area contributed by atoms with E-state index < -0.39 is 0 Å². The number of carbonyl (C=O) groups excluding carboxylic acids is 1. The molecule has 3 N–H and O–H groups in total. The van der Waals surface area contributed by atoms with Gasteiger partial charge in [0.05, 0.1) is 6.54 Å². The summed E-state index contributed by atoms with van der Waals surface area (Å²) in [7, 11) is 1.94. The van der Waals surface area contributed by atoms with Gasteiger partial charge in [-0.25, -0.2) is 4.98 Å². The molecule has 3 aromatic rings. The molecule has 0 aliphatic carbocycles. The predicted octanol–water partition coefficient (Wildman–Crippen LogP) is 2.45. The van der Waals surface area contributed by atoms with Gasteiger partial charge < -0.3 is 20.5 Å². The van der Waals surface area contributed by atoms with E-state index in [0.717, 1.165) is 47.4 Å². The molecule has 1 fully saturated rings. The van der Waals surface area contributed by atoms with Gasteiger partial charge in [-0.05, 0) is 48.4 Å². The number of piperazine rings is 1. The zero-order valence-electron chi connectivity index (χ0n) is 15.8. The number of anilines is 1. The highest BCUT2D eigenvalue weighted by atomic mass is 16.2. The first kappa shape index (κ1) is 17.7. The van der Waals surface area contributed by atoms with Gasteiger partial charge in [-0.1, -0.05) is 13.0 Å². The van der Waals surface area contributed by atoms with E-state index in [1.54, 1.807) is 0 Å². The van der Waals surface area contributed by atoms with Crippen LogP contribution >= 0.6 is 0 Å². The third-order valence-electron chi connectivity index (χ3n) is 5.17. The Hall–Kier alpha value is -2.70. The number of hydrogen-bond donors (Lipinski definition) is 3. The van der Waals surface area contributed by atoms with E-state index in [2.05, 4.69) is 45.7 Å². The van der Waals surface area contributed by atoms with Crippen LogP contribution in [0.3, 0.4) is 0 Å². The molecule has 1 amide bonds. The average Bonchev–Trinajstić information content (AvgIpc) is 3.11. The summed E-state index contributed by atoms with van der Waals surface area (Å²) in [6.45, 7) is 4.81. The summed E-state index contributed by atoms with van der Waals surface area (Å²) in [6, 6.07) is 8.48. The molecule has 0 unspecified atom stereocenters. The normalized spacial score (nSPS) is 14.9. The minimum atomic E-state index is 0.112. The Morgan fingerprint density at radius 2 is 2.15 bits per heavy atom. The van der Waals surface area contributed by atoms with Gasteiger partial charge in [0.1, 0.15) is 5.65 Å². The molecule has 0 radical (unpaired) electrons. The first-order valence-electron chi connectivity index (χ1n) is 9.46. The molecule has 6 heteroatoms. The number of benzene rings is 1. The Morgan fingerprint density at radius 1 is 1.26 bits per heavy atom. The highest BCUT2D eigenvalue weighted by Crippen LogP contribution is 2.31. The molecule has 27 heavy (non-hydrogen) atoms. The number of fused-ring (bicyclic) bond motifs is 1. The lowest BCUT2D eigenvalue weighted by molar-refractivity contribution is -0.118. The van der Waals surface area contributed by atoms with E-state index in [4.69, 9.17) is 0 Å². The van der Waals surface area contributed by atoms with Gasteiger partial charge in [-0.15, -0.1) is 0 Å². The highest BCUT2D eigenvalue weighted by molar-refractivity contribution is 5.96. The molecular formula is C21H25N5O. The summed E-state index contributed by atoms with van der Waals surface area (Å²) in [5.41, 5.74) is 6.51. The topological polar surface area (TPSA) is 73.0 Å². The fraction of sp³-hybridized carbons (Fsp3) is 0.333. The predicted molar refractivity (Wildman–Crippen MR) is 109 cm³/mol. The maximum absolute atomic E-state index is 12.3. The Balaban J connectivity index is 1.81. The van der Waals surface area contributed by atoms with Crippen LogP contribution in [0.5, 0.6) is 0 Å². The van der Waals surface area contributed by atoms with Gasteiger partial charge in [-0.2, -0.15) is 0 Å². The van der Waals surface area contributed by atoms with Crippen molar-refractivity contribution in [1.29, 1.82) is 0 Å². The fourth-order valence-corrected chi connectivity index (χ4v) is 3.72. The van der Waals surface area contributed by atoms with Gasteiger partial charge in [0.15, 0.2) is 0 Å². The van der Waals surface area contributed by atoms with Crippen LogP contribution in [0.2, 0.25) is 0 Å². The van der Waals surface area contributed by atoms with Crippen molar-refractivity contribution in [3.05, 3.63) is 47.8 Å². The third-order valence-corrected chi connectivity index (χ3v) is 5.17. The van der Waals surface area contributed by atoms with Crippen molar-refractivity contribution >= 4 is 22.6 Å². The van der Waals surface area contributed by atoms with Crippen molar-refractivity contribution in [2.45, 2.75) is 19.9 Å². The van der Waals surface area contributed by atoms with Gasteiger partial charge in [0, 0.05) is 48.7 Å². The van der Waals surface area contributed by atoms with E-state index in [1.807, 2.05) is 30.4 Å². The molecule has 0 saturated carbocycles. The molecule has 0 spiro atoms. The van der Waals surface area contributed by atoms with Crippen LogP contribution in [-0.2, 0) is 17.8 Å². The van der Waals surface area contributed by atoms with E-state index >= 15 is 0 Å². The summed E-state index contributed by atoms with van der Waals surface area (Å²) >= 11 is 0. The number of carbonyl (C=O) groups is 1. The maximum atomic E-state index is 12.3. The zero-order valence-corrected chi connectivity index (χ0v) is 15.8. The summed E-state index contributed by atoms with van der Waals surface area (Å²) in [6.07, 6.45) is 4.91. The van der Waals surface area contributed by atoms with Gasteiger partial charge in [0.25, 0.3) is 0 Å². The SMILES string of the molecule is CCc1c[nH]c2ncc(-c3cc(N4CCNCC4=O)ccc3CNC)cc12. The summed E-state index contributed by atoms with van der Waals surface area (Å²) in [5, 5.41) is 7.53. The van der Waals surface area contributed by atoms with Gasteiger partial charge >= 0.3 is 0 Å². The highest BCUT2D eigenvalue weighted by Gasteiger charge is 2.20. The first-order chi connectivity index (χ1) is 13.2. The Bertz CT molecular complexity index is 978. The van der Waals surface area contributed by atoms with Crippen LogP contribution in [0.4, 0.5) is 5.69 Å². The lowest BCUT2D eigenvalue weighted by Gasteiger charge is -2.28. The molecular weight excluding hydrogens is 338 g/mol. The van der Waals surface area contributed by atoms with Crippen molar-refractivity contribution in [2.24, 2.45) is 0 Å². The first-order valence-corrected chi connectivity index (χ1v) is 9.46. The van der Waals surface area contributed by atoms with E-state index in [0.29, 0.717) is 13.1 Å². The second-order valence-corrected chi connectivity index (χ2v) is 6.88. The number of amides is 1. The van der Waals surface area contributed by atoms with Crippen molar-refractivity contribution in [2.75, 3.05) is 31.6 Å². The number of pyridine rings is 1. The number of nitrogens with one attached hydrogen (secondary N) is 3. The molecule has 0 bridgehead atoms. The number of aryl methyl sites for hydroxylation is 1. The third kappa shape index (κ3) is 3.34. The average molecular weight is 363 g/mol. The molecule has 1 saturated heterocycles. The Kier molecular flexibility index (Phi) is 4.92. The number of aromatic amines is 1. The minimum absolute atomic E-state index is 0.112. The molecule has 1 aromatic carbocycles. The van der Waals surface area contributed by atoms with E-state index in [1.165, 1.54) is 11.1 Å². The maximum Gasteiger partial charge on any atom is 0.240 e. The molecule has 140 valence electrons. The van der Waals surface area contributed by atoms with Crippen molar-refractivity contribution < 1.29 is 4.79 Å². The second-order valence-electron chi connectivity index (χ2n) is 6.88. The van der Waals surface area contributed by atoms with Gasteiger partial charge in [0.2, 0.25) is 5.91 Å². The van der Waals surface area contributed by atoms with Crippen molar-refractivity contribution in [3.8, 4) is 11.1 Å². The number of nitrogens with zero attached hydrogens (tertiary/aromatic N) is 2. The van der Waals surface area contributed by atoms with Crippen LogP contribution in [0.25, 0.3) is 22.2 Å². The monoisotopic (exact) mass is 363 g/mol. The van der Waals surface area contributed by atoms with Crippen molar-refractivity contribution in [1.82, 2.24) is 20.6 Å². The Labute approximate surface area is 159 Å². The molecule has 4 rings (SSSR count). The number of rotatable bonds is 5. The summed E-state index contributed by atoms with van der Waals surface area (Å²) < 4.78 is 0. The molecule has 0 atom stereocenters. The lowest BCUT2D eigenvalue weighted by atomic mass is 9.98. The quantitative estimate of drug-likeness (QED) is 0.651. The summed E-state index contributed by atoms with van der Waals surface area (Å²) in [4.78, 5) is 22.0. The minimum Gasteiger partial charge on any atom is -0.346 e. The van der Waals surface area contributed by atoms with Crippen LogP contribution in [0, 0.1) is 0 Å². The van der Waals surface area contributed by atoms with Crippen molar-refractivity contribution in [3.63, 3.8) is 0 Å². The lowest BCUT2D eigenvalue weighted by Crippen LogP contribution is -2.48. The van der Waals surface area contributed by atoms with Crippen LogP contribution in [0.15, 0.2) is 36.7 Å².